The zero-order chi connectivity index (χ0) is 12.0. The van der Waals surface area contributed by atoms with E-state index in [4.69, 9.17) is 0 Å². The van der Waals surface area contributed by atoms with Crippen LogP contribution in [0.2, 0.25) is 0 Å². The molecular formula is C13H20N2O. The number of aromatic nitrogens is 1. The molecule has 1 atom stereocenters. The van der Waals surface area contributed by atoms with Gasteiger partial charge in [0.2, 0.25) is 0 Å². The maximum atomic E-state index is 12.0. The predicted octanol–water partition coefficient (Wildman–Crippen LogP) is 1.83. The summed E-state index contributed by atoms with van der Waals surface area (Å²) in [7, 11) is 0. The Balaban J connectivity index is 2.68. The molecule has 16 heavy (non-hydrogen) atoms. The van der Waals surface area contributed by atoms with Crippen LogP contribution in [-0.2, 0) is 11.2 Å². The van der Waals surface area contributed by atoms with E-state index in [0.717, 1.165) is 18.5 Å². The molecular weight excluding hydrogens is 200 g/mol. The van der Waals surface area contributed by atoms with Gasteiger partial charge in [-0.15, -0.1) is 0 Å². The lowest BCUT2D eigenvalue weighted by atomic mass is 9.96. The van der Waals surface area contributed by atoms with Crippen molar-refractivity contribution in [2.24, 2.45) is 5.92 Å². The fourth-order valence-corrected chi connectivity index (χ4v) is 1.68. The highest BCUT2D eigenvalue weighted by Gasteiger charge is 2.20. The molecule has 0 aliphatic rings. The van der Waals surface area contributed by atoms with Crippen molar-refractivity contribution in [2.75, 3.05) is 6.54 Å². The molecule has 1 rings (SSSR count). The van der Waals surface area contributed by atoms with E-state index < -0.39 is 0 Å². The van der Waals surface area contributed by atoms with Crippen molar-refractivity contribution in [2.45, 2.75) is 33.2 Å². The first-order valence-electron chi connectivity index (χ1n) is 5.81. The molecule has 0 bridgehead atoms. The summed E-state index contributed by atoms with van der Waals surface area (Å²) < 4.78 is 0. The molecule has 88 valence electrons. The molecule has 0 aliphatic carbocycles. The quantitative estimate of drug-likeness (QED) is 0.795. The lowest BCUT2D eigenvalue weighted by Gasteiger charge is -2.18. The van der Waals surface area contributed by atoms with Gasteiger partial charge in [0.05, 0.1) is 6.04 Å². The second-order valence-electron chi connectivity index (χ2n) is 4.23. The third-order valence-electron chi connectivity index (χ3n) is 2.53. The Morgan fingerprint density at radius 2 is 2.25 bits per heavy atom. The van der Waals surface area contributed by atoms with Crippen LogP contribution in [0, 0.1) is 5.92 Å². The summed E-state index contributed by atoms with van der Waals surface area (Å²) in [4.78, 5) is 16.0. The van der Waals surface area contributed by atoms with Crippen molar-refractivity contribution in [3.63, 3.8) is 0 Å². The van der Waals surface area contributed by atoms with E-state index in [0.29, 0.717) is 0 Å². The molecule has 1 heterocycles. The maximum absolute atomic E-state index is 12.0. The normalized spacial score (nSPS) is 12.8. The topological polar surface area (TPSA) is 42.0 Å². The highest BCUT2D eigenvalue weighted by molar-refractivity contribution is 5.86. The van der Waals surface area contributed by atoms with E-state index in [9.17, 15) is 4.79 Å². The number of carbonyl (C=O) groups is 1. The molecule has 0 unspecified atom stereocenters. The Kier molecular flexibility index (Phi) is 5.12. The van der Waals surface area contributed by atoms with E-state index in [-0.39, 0.29) is 17.7 Å². The van der Waals surface area contributed by atoms with Crippen LogP contribution in [0.15, 0.2) is 24.5 Å². The van der Waals surface area contributed by atoms with E-state index >= 15 is 0 Å². The van der Waals surface area contributed by atoms with Crippen LogP contribution in [0.25, 0.3) is 0 Å². The summed E-state index contributed by atoms with van der Waals surface area (Å²) in [6.45, 7) is 6.71. The highest BCUT2D eigenvalue weighted by Crippen LogP contribution is 2.07. The van der Waals surface area contributed by atoms with Gasteiger partial charge in [-0.25, -0.2) is 0 Å². The van der Waals surface area contributed by atoms with Crippen molar-refractivity contribution in [3.8, 4) is 0 Å². The van der Waals surface area contributed by atoms with Gasteiger partial charge in [-0.2, -0.15) is 0 Å². The summed E-state index contributed by atoms with van der Waals surface area (Å²) in [5, 5.41) is 3.23. The number of hydrogen-bond acceptors (Lipinski definition) is 3. The lowest BCUT2D eigenvalue weighted by Crippen LogP contribution is -2.40. The van der Waals surface area contributed by atoms with Gasteiger partial charge in [-0.1, -0.05) is 26.8 Å². The number of pyridine rings is 1. The summed E-state index contributed by atoms with van der Waals surface area (Å²) in [5.41, 5.74) is 1.10. The smallest absolute Gasteiger partial charge is 0.152 e. The summed E-state index contributed by atoms with van der Waals surface area (Å²) in [6, 6.07) is 3.82. The SMILES string of the molecule is CCN[C@@H](Cc1cccnc1)C(=O)C(C)C. The Morgan fingerprint density at radius 1 is 1.50 bits per heavy atom. The summed E-state index contributed by atoms with van der Waals surface area (Å²) >= 11 is 0. The van der Waals surface area contributed by atoms with Gasteiger partial charge >= 0.3 is 0 Å². The third kappa shape index (κ3) is 3.74. The highest BCUT2D eigenvalue weighted by atomic mass is 16.1. The molecule has 0 aromatic carbocycles. The Hall–Kier alpha value is -1.22. The second kappa shape index (κ2) is 6.38. The zero-order valence-corrected chi connectivity index (χ0v) is 10.2. The Labute approximate surface area is 97.3 Å². The van der Waals surface area contributed by atoms with Crippen molar-refractivity contribution in [1.82, 2.24) is 10.3 Å². The predicted molar refractivity (Wildman–Crippen MR) is 65.3 cm³/mol. The van der Waals surface area contributed by atoms with Crippen LogP contribution >= 0.6 is 0 Å². The van der Waals surface area contributed by atoms with Gasteiger partial charge in [0.15, 0.2) is 5.78 Å². The minimum atomic E-state index is -0.0887. The van der Waals surface area contributed by atoms with Crippen molar-refractivity contribution in [1.29, 1.82) is 0 Å². The van der Waals surface area contributed by atoms with E-state index in [1.54, 1.807) is 6.20 Å². The van der Waals surface area contributed by atoms with Crippen LogP contribution in [0.5, 0.6) is 0 Å². The number of hydrogen-bond donors (Lipinski definition) is 1. The Bertz CT molecular complexity index is 322. The van der Waals surface area contributed by atoms with E-state index in [2.05, 4.69) is 10.3 Å². The average Bonchev–Trinajstić information content (AvgIpc) is 2.29. The molecule has 0 aliphatic heterocycles. The maximum Gasteiger partial charge on any atom is 0.152 e. The first-order valence-corrected chi connectivity index (χ1v) is 5.81. The minimum absolute atomic E-state index is 0.0701. The van der Waals surface area contributed by atoms with Crippen LogP contribution in [0.4, 0.5) is 0 Å². The number of carbonyl (C=O) groups excluding carboxylic acids is 1. The molecule has 0 saturated carbocycles. The van der Waals surface area contributed by atoms with Crippen molar-refractivity contribution < 1.29 is 4.79 Å². The van der Waals surface area contributed by atoms with Gasteiger partial charge in [-0.3, -0.25) is 9.78 Å². The third-order valence-corrected chi connectivity index (χ3v) is 2.53. The number of nitrogens with one attached hydrogen (secondary N) is 1. The van der Waals surface area contributed by atoms with E-state index in [1.807, 2.05) is 39.1 Å². The van der Waals surface area contributed by atoms with Gasteiger partial charge in [0.25, 0.3) is 0 Å². The van der Waals surface area contributed by atoms with Crippen molar-refractivity contribution in [3.05, 3.63) is 30.1 Å². The number of Topliss-reactive ketones (excluding diaryl/α,β-unsaturated/α-hetero) is 1. The first kappa shape index (κ1) is 12.8. The zero-order valence-electron chi connectivity index (χ0n) is 10.2. The summed E-state index contributed by atoms with van der Waals surface area (Å²) in [5.74, 6) is 0.339. The van der Waals surface area contributed by atoms with Gasteiger partial charge in [0, 0.05) is 18.3 Å². The van der Waals surface area contributed by atoms with E-state index in [1.165, 1.54) is 0 Å². The first-order chi connectivity index (χ1) is 7.65. The number of rotatable bonds is 6. The molecule has 3 heteroatoms. The van der Waals surface area contributed by atoms with Gasteiger partial charge in [0.1, 0.15) is 0 Å². The fraction of sp³-hybridized carbons (Fsp3) is 0.538. The molecule has 0 spiro atoms. The van der Waals surface area contributed by atoms with Gasteiger partial charge in [-0.05, 0) is 24.6 Å². The Morgan fingerprint density at radius 3 is 2.75 bits per heavy atom. The van der Waals surface area contributed by atoms with Crippen molar-refractivity contribution >= 4 is 5.78 Å². The molecule has 0 fully saturated rings. The fourth-order valence-electron chi connectivity index (χ4n) is 1.68. The number of nitrogens with zero attached hydrogens (tertiary/aromatic N) is 1. The number of ketones is 1. The monoisotopic (exact) mass is 220 g/mol. The van der Waals surface area contributed by atoms with Crippen LogP contribution in [0.3, 0.4) is 0 Å². The van der Waals surface area contributed by atoms with Crippen LogP contribution in [0.1, 0.15) is 26.3 Å². The standard InChI is InChI=1S/C13H20N2O/c1-4-15-12(13(16)10(2)3)8-11-6-5-7-14-9-11/h5-7,9-10,12,15H,4,8H2,1-3H3/t12-/m0/s1. The molecule has 0 radical (unpaired) electrons. The second-order valence-corrected chi connectivity index (χ2v) is 4.23. The lowest BCUT2D eigenvalue weighted by molar-refractivity contribution is -0.123. The average molecular weight is 220 g/mol. The van der Waals surface area contributed by atoms with Gasteiger partial charge < -0.3 is 5.32 Å². The summed E-state index contributed by atoms with van der Waals surface area (Å²) in [6.07, 6.45) is 4.28. The molecule has 0 saturated heterocycles. The number of likely N-dealkylation sites (N-methyl/N-ethyl adjacent to an activating group) is 1. The van der Waals surface area contributed by atoms with Crippen LogP contribution < -0.4 is 5.32 Å². The molecule has 0 amide bonds. The molecule has 3 nitrogen and oxygen atoms in total. The molecule has 1 aromatic heterocycles. The molecule has 1 N–H and O–H groups in total. The minimum Gasteiger partial charge on any atom is -0.307 e. The molecule has 1 aromatic rings. The van der Waals surface area contributed by atoms with Crippen LogP contribution in [-0.4, -0.2) is 23.4 Å². The largest absolute Gasteiger partial charge is 0.307 e.